The summed E-state index contributed by atoms with van der Waals surface area (Å²) >= 11 is 0. The van der Waals surface area contributed by atoms with Crippen molar-refractivity contribution in [1.29, 1.82) is 0 Å². The lowest BCUT2D eigenvalue weighted by molar-refractivity contribution is 0.0389. The lowest BCUT2D eigenvalue weighted by Crippen LogP contribution is -2.37. The second-order valence-electron chi connectivity index (χ2n) is 6.43. The first-order valence-corrected chi connectivity index (χ1v) is 8.95. The molecule has 1 fully saturated rings. The molecule has 0 spiro atoms. The number of hydroxylamine groups is 1. The van der Waals surface area contributed by atoms with E-state index < -0.39 is 0 Å². The van der Waals surface area contributed by atoms with Crippen LogP contribution in [0.1, 0.15) is 17.5 Å². The van der Waals surface area contributed by atoms with Gasteiger partial charge < -0.3 is 19.5 Å². The van der Waals surface area contributed by atoms with Gasteiger partial charge >= 0.3 is 6.03 Å². The number of benzene rings is 2. The average molecular weight is 384 g/mol. The lowest BCUT2D eigenvalue weighted by Gasteiger charge is -2.15. The van der Waals surface area contributed by atoms with Gasteiger partial charge in [-0.15, -0.1) is 0 Å². The van der Waals surface area contributed by atoms with Crippen LogP contribution < -0.4 is 15.0 Å². The number of hydrogen-bond donors (Lipinski definition) is 2. The monoisotopic (exact) mass is 384 g/mol. The normalized spacial score (nSPS) is 14.9. The maximum absolute atomic E-state index is 12.3. The van der Waals surface area contributed by atoms with Crippen LogP contribution in [-0.2, 0) is 11.4 Å². The number of likely N-dealkylation sites (tertiary alicyclic amines) is 1. The van der Waals surface area contributed by atoms with Crippen LogP contribution in [0.2, 0.25) is 0 Å². The molecular weight excluding hydrogens is 360 g/mol. The van der Waals surface area contributed by atoms with Gasteiger partial charge in [-0.05, 0) is 35.3 Å². The van der Waals surface area contributed by atoms with Gasteiger partial charge in [-0.2, -0.15) is 0 Å². The molecule has 0 aliphatic carbocycles. The molecule has 2 N–H and O–H groups in total. The molecule has 2 aromatic carbocycles. The number of hydrogen-bond acceptors (Lipinski definition) is 5. The number of carbonyl (C=O) groups excluding carboxylic acids is 1. The van der Waals surface area contributed by atoms with Gasteiger partial charge in [0.25, 0.3) is 0 Å². The minimum absolute atomic E-state index is 0.0323. The van der Waals surface area contributed by atoms with Crippen molar-refractivity contribution in [2.45, 2.75) is 13.0 Å². The fourth-order valence-corrected chi connectivity index (χ4v) is 3.03. The summed E-state index contributed by atoms with van der Waals surface area (Å²) in [7, 11) is 2.98. The highest BCUT2D eigenvalue weighted by Crippen LogP contribution is 2.38. The zero-order valence-corrected chi connectivity index (χ0v) is 16.0. The highest BCUT2D eigenvalue weighted by Gasteiger charge is 2.22. The van der Waals surface area contributed by atoms with Gasteiger partial charge in [0.05, 0.1) is 20.8 Å². The van der Waals surface area contributed by atoms with Crippen molar-refractivity contribution in [3.8, 4) is 17.2 Å². The number of nitrogens with one attached hydrogen (secondary N) is 1. The van der Waals surface area contributed by atoms with Gasteiger partial charge in [-0.3, -0.25) is 4.84 Å². The fraction of sp³-hybridized carbons (Fsp3) is 0.286. The molecule has 1 aliphatic heterocycles. The Bertz CT molecular complexity index is 826. The molecule has 1 aliphatic rings. The van der Waals surface area contributed by atoms with Crippen molar-refractivity contribution in [3.05, 3.63) is 59.2 Å². The number of phenolic OH excluding ortho intramolecular Hbond substituents is 1. The minimum Gasteiger partial charge on any atom is -0.502 e. The summed E-state index contributed by atoms with van der Waals surface area (Å²) < 4.78 is 10.4. The number of methoxy groups -OCH3 is 2. The Kier molecular flexibility index (Phi) is 6.39. The molecule has 0 bridgehead atoms. The topological polar surface area (TPSA) is 80.3 Å². The van der Waals surface area contributed by atoms with E-state index in [1.807, 2.05) is 36.4 Å². The molecular formula is C21H24N2O5. The number of carbonyl (C=O) groups is 1. The van der Waals surface area contributed by atoms with E-state index in [1.165, 1.54) is 14.2 Å². The van der Waals surface area contributed by atoms with Crippen molar-refractivity contribution >= 4 is 12.1 Å². The number of nitrogens with zero attached hydrogens (tertiary/aromatic N) is 1. The first kappa shape index (κ1) is 19.6. The summed E-state index contributed by atoms with van der Waals surface area (Å²) in [5.74, 6) is 0.649. The molecule has 7 heteroatoms. The van der Waals surface area contributed by atoms with E-state index in [9.17, 15) is 9.90 Å². The molecule has 3 rings (SSSR count). The third-order valence-electron chi connectivity index (χ3n) is 4.50. The van der Waals surface area contributed by atoms with Crippen molar-refractivity contribution in [3.63, 3.8) is 0 Å². The third kappa shape index (κ3) is 4.75. The average Bonchev–Trinajstić information content (AvgIpc) is 3.18. The van der Waals surface area contributed by atoms with E-state index in [2.05, 4.69) is 5.48 Å². The number of urea groups is 1. The fourth-order valence-electron chi connectivity index (χ4n) is 3.03. The molecule has 0 radical (unpaired) electrons. The Hall–Kier alpha value is -3.19. The Morgan fingerprint density at radius 1 is 1.18 bits per heavy atom. The molecule has 28 heavy (non-hydrogen) atoms. The highest BCUT2D eigenvalue weighted by atomic mass is 16.7. The van der Waals surface area contributed by atoms with Gasteiger partial charge in [0.15, 0.2) is 11.5 Å². The predicted molar refractivity (Wildman–Crippen MR) is 105 cm³/mol. The molecule has 1 saturated heterocycles. The second-order valence-corrected chi connectivity index (χ2v) is 6.43. The number of rotatable bonds is 6. The number of ether oxygens (including phenoxy) is 2. The zero-order valence-electron chi connectivity index (χ0n) is 16.0. The first-order chi connectivity index (χ1) is 13.6. The number of aromatic hydroxyl groups is 1. The van der Waals surface area contributed by atoms with E-state index in [-0.39, 0.29) is 11.8 Å². The van der Waals surface area contributed by atoms with Crippen molar-refractivity contribution in [1.82, 2.24) is 10.4 Å². The predicted octanol–water partition coefficient (Wildman–Crippen LogP) is 3.34. The van der Waals surface area contributed by atoms with E-state index in [0.717, 1.165) is 23.1 Å². The van der Waals surface area contributed by atoms with Crippen LogP contribution in [0.25, 0.3) is 6.08 Å². The van der Waals surface area contributed by atoms with Gasteiger partial charge in [-0.25, -0.2) is 10.3 Å². The van der Waals surface area contributed by atoms with Crippen LogP contribution in [0.5, 0.6) is 17.2 Å². The molecule has 0 atom stereocenters. The van der Waals surface area contributed by atoms with Crippen molar-refractivity contribution in [2.75, 3.05) is 27.3 Å². The van der Waals surface area contributed by atoms with Gasteiger partial charge in [0, 0.05) is 13.1 Å². The Labute approximate surface area is 164 Å². The second kappa shape index (κ2) is 9.14. The standard InChI is InChI=1S/C21H24N2O5/c1-26-18-11-17(12-19(27-2)20(18)24)10-16-8-9-23(13-16)21(25)22-28-14-15-6-4-3-5-7-15/h3-7,10-12,24H,8-9,13-14H2,1-2H3,(H,22,25). The first-order valence-electron chi connectivity index (χ1n) is 8.95. The van der Waals surface area contributed by atoms with Crippen molar-refractivity contribution < 1.29 is 24.2 Å². The summed E-state index contributed by atoms with van der Waals surface area (Å²) in [6.45, 7) is 1.43. The quantitative estimate of drug-likeness (QED) is 0.747. The van der Waals surface area contributed by atoms with Crippen molar-refractivity contribution in [2.24, 2.45) is 0 Å². The summed E-state index contributed by atoms with van der Waals surface area (Å²) in [6, 6.07) is 12.8. The van der Waals surface area contributed by atoms with E-state index in [0.29, 0.717) is 31.2 Å². The summed E-state index contributed by atoms with van der Waals surface area (Å²) in [5.41, 5.74) is 5.40. The van der Waals surface area contributed by atoms with Gasteiger partial charge in [-0.1, -0.05) is 36.4 Å². The van der Waals surface area contributed by atoms with Crippen LogP contribution in [0.4, 0.5) is 4.79 Å². The highest BCUT2D eigenvalue weighted by molar-refractivity contribution is 5.74. The molecule has 0 aromatic heterocycles. The van der Waals surface area contributed by atoms with E-state index in [1.54, 1.807) is 17.0 Å². The van der Waals surface area contributed by atoms with Gasteiger partial charge in [0.2, 0.25) is 5.75 Å². The Balaban J connectivity index is 1.58. The van der Waals surface area contributed by atoms with Crippen LogP contribution in [0, 0.1) is 0 Å². The molecule has 1 heterocycles. The SMILES string of the molecule is COc1cc(C=C2CCN(C(=O)NOCc3ccccc3)C2)cc(OC)c1O. The maximum Gasteiger partial charge on any atom is 0.341 e. The molecule has 0 saturated carbocycles. The molecule has 2 aromatic rings. The molecule has 7 nitrogen and oxygen atoms in total. The Morgan fingerprint density at radius 3 is 2.50 bits per heavy atom. The smallest absolute Gasteiger partial charge is 0.341 e. The molecule has 148 valence electrons. The number of amides is 2. The van der Waals surface area contributed by atoms with Crippen LogP contribution >= 0.6 is 0 Å². The van der Waals surface area contributed by atoms with E-state index in [4.69, 9.17) is 14.3 Å². The third-order valence-corrected chi connectivity index (χ3v) is 4.50. The summed E-state index contributed by atoms with van der Waals surface area (Å²) in [4.78, 5) is 19.3. The van der Waals surface area contributed by atoms with E-state index >= 15 is 0 Å². The van der Waals surface area contributed by atoms with Gasteiger partial charge in [0.1, 0.15) is 0 Å². The van der Waals surface area contributed by atoms with Crippen LogP contribution in [0.15, 0.2) is 48.0 Å². The van der Waals surface area contributed by atoms with Crippen LogP contribution in [0.3, 0.4) is 0 Å². The van der Waals surface area contributed by atoms with Crippen LogP contribution in [-0.4, -0.2) is 43.3 Å². The summed E-state index contributed by atoms with van der Waals surface area (Å²) in [6.07, 6.45) is 2.74. The largest absolute Gasteiger partial charge is 0.502 e. The maximum atomic E-state index is 12.3. The summed E-state index contributed by atoms with van der Waals surface area (Å²) in [5, 5.41) is 10.0. The minimum atomic E-state index is -0.264. The molecule has 2 amide bonds. The zero-order chi connectivity index (χ0) is 19.9. The Morgan fingerprint density at radius 2 is 1.86 bits per heavy atom. The number of phenols is 1. The lowest BCUT2D eigenvalue weighted by atomic mass is 10.1. The molecule has 0 unspecified atom stereocenters.